The number of anilines is 1. The standard InChI is InChI=1S/C22H27N3O3/c1-13-8-16(5-7-23-13)25-11-19-18(20-4-6-22(19,12-25)28-20)10-24-21(26)17-9-14(2)27-15(17)3/h5,7-9,18-20H,4,6,10-12H2,1-3H3,(H,24,26)/t18-,19+,20+,22+/m0/s1. The Labute approximate surface area is 165 Å². The second-order valence-corrected chi connectivity index (χ2v) is 8.60. The van der Waals surface area contributed by atoms with Crippen LogP contribution in [-0.4, -0.2) is 42.2 Å². The SMILES string of the molecule is Cc1cc(N2C[C@@H]3[C@H](CNC(=O)c4cc(C)oc4C)[C@H]4CC[C@]3(C2)O4)ccn1. The number of nitrogens with one attached hydrogen (secondary N) is 1. The Morgan fingerprint density at radius 3 is 2.96 bits per heavy atom. The smallest absolute Gasteiger partial charge is 0.254 e. The van der Waals surface area contributed by atoms with Crippen LogP contribution in [0, 0.1) is 32.6 Å². The minimum atomic E-state index is -0.0562. The van der Waals surface area contributed by atoms with Gasteiger partial charge in [-0.2, -0.15) is 0 Å². The number of amides is 1. The fourth-order valence-electron chi connectivity index (χ4n) is 5.55. The summed E-state index contributed by atoms with van der Waals surface area (Å²) in [5.41, 5.74) is 2.83. The van der Waals surface area contributed by atoms with E-state index in [2.05, 4.69) is 27.3 Å². The van der Waals surface area contributed by atoms with E-state index in [-0.39, 0.29) is 17.6 Å². The van der Waals surface area contributed by atoms with Crippen molar-refractivity contribution in [1.82, 2.24) is 10.3 Å². The van der Waals surface area contributed by atoms with Gasteiger partial charge in [0.05, 0.1) is 17.3 Å². The highest BCUT2D eigenvalue weighted by atomic mass is 16.5. The van der Waals surface area contributed by atoms with Crippen LogP contribution in [0.1, 0.15) is 40.4 Å². The third-order valence-electron chi connectivity index (χ3n) is 6.81. The van der Waals surface area contributed by atoms with Crippen LogP contribution in [0.4, 0.5) is 5.69 Å². The molecule has 0 unspecified atom stereocenters. The number of pyridine rings is 1. The van der Waals surface area contributed by atoms with Crippen LogP contribution in [-0.2, 0) is 4.74 Å². The van der Waals surface area contributed by atoms with Crippen molar-refractivity contribution < 1.29 is 13.9 Å². The summed E-state index contributed by atoms with van der Waals surface area (Å²) < 4.78 is 12.0. The maximum atomic E-state index is 12.6. The van der Waals surface area contributed by atoms with Crippen LogP contribution in [0.5, 0.6) is 0 Å². The molecule has 1 amide bonds. The van der Waals surface area contributed by atoms with Gasteiger partial charge in [-0.1, -0.05) is 0 Å². The minimum Gasteiger partial charge on any atom is -0.466 e. The van der Waals surface area contributed by atoms with Crippen LogP contribution in [0.25, 0.3) is 0 Å². The van der Waals surface area contributed by atoms with E-state index in [0.29, 0.717) is 29.7 Å². The Hall–Kier alpha value is -2.34. The molecule has 28 heavy (non-hydrogen) atoms. The predicted octanol–water partition coefficient (Wildman–Crippen LogP) is 3.01. The number of hydrogen-bond acceptors (Lipinski definition) is 5. The summed E-state index contributed by atoms with van der Waals surface area (Å²) in [6.45, 7) is 8.29. The molecule has 0 aliphatic carbocycles. The Morgan fingerprint density at radius 2 is 2.21 bits per heavy atom. The Kier molecular flexibility index (Phi) is 4.02. The van der Waals surface area contributed by atoms with Gasteiger partial charge in [0.1, 0.15) is 11.5 Å². The van der Waals surface area contributed by atoms with E-state index < -0.39 is 0 Å². The molecule has 3 aliphatic heterocycles. The molecule has 6 nitrogen and oxygen atoms in total. The molecule has 2 aromatic rings. The zero-order valence-electron chi connectivity index (χ0n) is 16.7. The highest BCUT2D eigenvalue weighted by Crippen LogP contribution is 2.55. The first kappa shape index (κ1) is 17.7. The van der Waals surface area contributed by atoms with E-state index in [9.17, 15) is 4.79 Å². The number of aromatic nitrogens is 1. The van der Waals surface area contributed by atoms with Gasteiger partial charge in [-0.05, 0) is 51.8 Å². The van der Waals surface area contributed by atoms with Crippen molar-refractivity contribution >= 4 is 11.6 Å². The highest BCUT2D eigenvalue weighted by molar-refractivity contribution is 5.95. The molecule has 1 spiro atoms. The molecular formula is C22H27N3O3. The highest BCUT2D eigenvalue weighted by Gasteiger charge is 2.62. The lowest BCUT2D eigenvalue weighted by molar-refractivity contribution is 0.0141. The van der Waals surface area contributed by atoms with Gasteiger partial charge in [-0.15, -0.1) is 0 Å². The van der Waals surface area contributed by atoms with Gasteiger partial charge < -0.3 is 19.4 Å². The lowest BCUT2D eigenvalue weighted by Crippen LogP contribution is -2.41. The number of nitrogens with zero attached hydrogens (tertiary/aromatic N) is 2. The molecule has 148 valence electrons. The first-order valence-electron chi connectivity index (χ1n) is 10.2. The van der Waals surface area contributed by atoms with E-state index in [0.717, 1.165) is 37.4 Å². The number of furan rings is 1. The first-order valence-corrected chi connectivity index (χ1v) is 10.2. The molecule has 5 rings (SSSR count). The van der Waals surface area contributed by atoms with E-state index in [1.165, 1.54) is 5.69 Å². The monoisotopic (exact) mass is 381 g/mol. The molecule has 3 fully saturated rings. The maximum Gasteiger partial charge on any atom is 0.254 e. The molecule has 0 saturated carbocycles. The molecule has 3 saturated heterocycles. The van der Waals surface area contributed by atoms with Crippen molar-refractivity contribution in [2.75, 3.05) is 24.5 Å². The maximum absolute atomic E-state index is 12.6. The van der Waals surface area contributed by atoms with E-state index in [4.69, 9.17) is 9.15 Å². The number of carbonyl (C=O) groups is 1. The van der Waals surface area contributed by atoms with Crippen molar-refractivity contribution in [3.8, 4) is 0 Å². The van der Waals surface area contributed by atoms with Gasteiger partial charge in [-0.25, -0.2) is 0 Å². The van der Waals surface area contributed by atoms with Gasteiger partial charge in [0, 0.05) is 49.0 Å². The Morgan fingerprint density at radius 1 is 1.36 bits per heavy atom. The molecule has 0 radical (unpaired) electrons. The summed E-state index contributed by atoms with van der Waals surface area (Å²) in [5, 5.41) is 3.15. The van der Waals surface area contributed by atoms with Crippen LogP contribution in [0.3, 0.4) is 0 Å². The van der Waals surface area contributed by atoms with E-state index in [1.807, 2.05) is 33.0 Å². The average molecular weight is 381 g/mol. The van der Waals surface area contributed by atoms with E-state index >= 15 is 0 Å². The fraction of sp³-hybridized carbons (Fsp3) is 0.545. The largest absolute Gasteiger partial charge is 0.466 e. The molecule has 2 bridgehead atoms. The second-order valence-electron chi connectivity index (χ2n) is 8.60. The average Bonchev–Trinajstić information content (AvgIpc) is 3.39. The quantitative estimate of drug-likeness (QED) is 0.882. The Balaban J connectivity index is 1.30. The zero-order chi connectivity index (χ0) is 19.5. The van der Waals surface area contributed by atoms with Crippen molar-refractivity contribution in [3.63, 3.8) is 0 Å². The first-order chi connectivity index (χ1) is 13.4. The summed E-state index contributed by atoms with van der Waals surface area (Å²) in [5.74, 6) is 2.21. The molecule has 6 heteroatoms. The predicted molar refractivity (Wildman–Crippen MR) is 106 cm³/mol. The second kappa shape index (κ2) is 6.34. The van der Waals surface area contributed by atoms with Crippen molar-refractivity contribution in [3.05, 3.63) is 47.2 Å². The van der Waals surface area contributed by atoms with Crippen molar-refractivity contribution in [2.24, 2.45) is 11.8 Å². The molecule has 4 atom stereocenters. The van der Waals surface area contributed by atoms with Crippen LogP contribution >= 0.6 is 0 Å². The topological polar surface area (TPSA) is 67.6 Å². The minimum absolute atomic E-state index is 0.0502. The van der Waals surface area contributed by atoms with E-state index in [1.54, 1.807) is 0 Å². The molecular weight excluding hydrogens is 354 g/mol. The third kappa shape index (κ3) is 2.73. The van der Waals surface area contributed by atoms with Gasteiger partial charge in [-0.3, -0.25) is 9.78 Å². The zero-order valence-corrected chi connectivity index (χ0v) is 16.7. The summed E-state index contributed by atoms with van der Waals surface area (Å²) in [7, 11) is 0. The molecule has 5 heterocycles. The number of rotatable bonds is 4. The number of carbonyl (C=O) groups excluding carboxylic acids is 1. The normalized spacial score (nSPS) is 30.7. The molecule has 2 aromatic heterocycles. The van der Waals surface area contributed by atoms with Gasteiger partial charge in [0.15, 0.2) is 0 Å². The van der Waals surface area contributed by atoms with Gasteiger partial charge in [0.2, 0.25) is 0 Å². The lowest BCUT2D eigenvalue weighted by Gasteiger charge is -2.29. The summed E-state index contributed by atoms with van der Waals surface area (Å²) in [6, 6.07) is 6.04. The molecule has 3 aliphatic rings. The fourth-order valence-corrected chi connectivity index (χ4v) is 5.55. The van der Waals surface area contributed by atoms with Crippen LogP contribution < -0.4 is 10.2 Å². The number of fused-ring (bicyclic) bond motifs is 1. The summed E-state index contributed by atoms with van der Waals surface area (Å²) in [4.78, 5) is 19.4. The molecule has 0 aromatic carbocycles. The summed E-state index contributed by atoms with van der Waals surface area (Å²) in [6.07, 6.45) is 4.35. The number of ether oxygens (including phenoxy) is 1. The van der Waals surface area contributed by atoms with Gasteiger partial charge >= 0.3 is 0 Å². The lowest BCUT2D eigenvalue weighted by atomic mass is 9.73. The Bertz CT molecular complexity index is 924. The van der Waals surface area contributed by atoms with Gasteiger partial charge in [0.25, 0.3) is 5.91 Å². The summed E-state index contributed by atoms with van der Waals surface area (Å²) >= 11 is 0. The van der Waals surface area contributed by atoms with Crippen LogP contribution in [0.2, 0.25) is 0 Å². The number of aryl methyl sites for hydroxylation is 3. The number of hydrogen-bond donors (Lipinski definition) is 1. The molecule has 1 N–H and O–H groups in total. The van der Waals surface area contributed by atoms with Crippen molar-refractivity contribution in [1.29, 1.82) is 0 Å². The third-order valence-corrected chi connectivity index (χ3v) is 6.81. The van der Waals surface area contributed by atoms with Crippen molar-refractivity contribution in [2.45, 2.75) is 45.3 Å². The van der Waals surface area contributed by atoms with Crippen LogP contribution in [0.15, 0.2) is 28.8 Å².